The van der Waals surface area contributed by atoms with Crippen LogP contribution in [0.5, 0.6) is 0 Å². The average molecular weight is 327 g/mol. The van der Waals surface area contributed by atoms with Gasteiger partial charge < -0.3 is 20.4 Å². The molecule has 120 valence electrons. The van der Waals surface area contributed by atoms with Gasteiger partial charge in [0.15, 0.2) is 5.13 Å². The molecule has 3 N–H and O–H groups in total. The smallest absolute Gasteiger partial charge is 0.326 e. The molecule has 2 heterocycles. The van der Waals surface area contributed by atoms with Crippen LogP contribution >= 0.6 is 11.3 Å². The number of nitrogens with one attached hydrogen (secondary N) is 1. The van der Waals surface area contributed by atoms with Crippen LogP contribution in [-0.2, 0) is 9.59 Å². The SMILES string of the molecule is O=C(O)CC(NC(=O)c1csc(N2CCCCC2)n1)C(=O)O. The number of aromatic nitrogens is 1. The van der Waals surface area contributed by atoms with Gasteiger partial charge in [-0.15, -0.1) is 11.3 Å². The van der Waals surface area contributed by atoms with Crippen molar-refractivity contribution in [1.29, 1.82) is 0 Å². The summed E-state index contributed by atoms with van der Waals surface area (Å²) in [6.45, 7) is 1.79. The minimum atomic E-state index is -1.47. The molecule has 0 spiro atoms. The lowest BCUT2D eigenvalue weighted by Crippen LogP contribution is -2.42. The van der Waals surface area contributed by atoms with Gasteiger partial charge in [0.05, 0.1) is 6.42 Å². The van der Waals surface area contributed by atoms with Crippen molar-refractivity contribution < 1.29 is 24.6 Å². The first-order valence-corrected chi connectivity index (χ1v) is 7.81. The zero-order valence-electron chi connectivity index (χ0n) is 11.8. The zero-order chi connectivity index (χ0) is 16.1. The summed E-state index contributed by atoms with van der Waals surface area (Å²) in [5.74, 6) is -3.35. The molecule has 8 nitrogen and oxygen atoms in total. The van der Waals surface area contributed by atoms with Gasteiger partial charge in [0.2, 0.25) is 0 Å². The van der Waals surface area contributed by atoms with E-state index in [-0.39, 0.29) is 5.69 Å². The summed E-state index contributed by atoms with van der Waals surface area (Å²) in [6, 6.07) is -1.47. The number of hydrogen-bond donors (Lipinski definition) is 3. The molecule has 9 heteroatoms. The van der Waals surface area contributed by atoms with Crippen molar-refractivity contribution in [3.63, 3.8) is 0 Å². The molecular formula is C13H17N3O5S. The van der Waals surface area contributed by atoms with Crippen molar-refractivity contribution in [2.75, 3.05) is 18.0 Å². The third kappa shape index (κ3) is 4.17. The lowest BCUT2D eigenvalue weighted by Gasteiger charge is -2.25. The fourth-order valence-electron chi connectivity index (χ4n) is 2.21. The van der Waals surface area contributed by atoms with Crippen molar-refractivity contribution >= 4 is 34.3 Å². The number of anilines is 1. The van der Waals surface area contributed by atoms with Gasteiger partial charge in [-0.3, -0.25) is 9.59 Å². The Morgan fingerprint density at radius 2 is 1.95 bits per heavy atom. The first kappa shape index (κ1) is 16.2. The van der Waals surface area contributed by atoms with E-state index in [9.17, 15) is 14.4 Å². The molecule has 0 radical (unpaired) electrons. The van der Waals surface area contributed by atoms with Crippen molar-refractivity contribution in [2.45, 2.75) is 31.7 Å². The Hall–Kier alpha value is -2.16. The number of carbonyl (C=O) groups is 3. The van der Waals surface area contributed by atoms with Gasteiger partial charge in [-0.2, -0.15) is 0 Å². The maximum atomic E-state index is 12.0. The van der Waals surface area contributed by atoms with Crippen LogP contribution in [0.25, 0.3) is 0 Å². The number of aliphatic carboxylic acids is 2. The number of amides is 1. The monoisotopic (exact) mass is 327 g/mol. The van der Waals surface area contributed by atoms with Crippen molar-refractivity contribution in [3.05, 3.63) is 11.1 Å². The Kier molecular flexibility index (Phi) is 5.31. The van der Waals surface area contributed by atoms with Gasteiger partial charge in [-0.05, 0) is 19.3 Å². The van der Waals surface area contributed by atoms with Crippen LogP contribution in [0.4, 0.5) is 5.13 Å². The number of carboxylic acids is 2. The van der Waals surface area contributed by atoms with E-state index >= 15 is 0 Å². The van der Waals surface area contributed by atoms with E-state index in [2.05, 4.69) is 15.2 Å². The van der Waals surface area contributed by atoms with Gasteiger partial charge >= 0.3 is 11.9 Å². The Labute approximate surface area is 130 Å². The Bertz CT molecular complexity index is 568. The molecule has 1 fully saturated rings. The van der Waals surface area contributed by atoms with E-state index in [4.69, 9.17) is 10.2 Å². The lowest BCUT2D eigenvalue weighted by molar-refractivity contribution is -0.145. The van der Waals surface area contributed by atoms with Gasteiger partial charge in [0.1, 0.15) is 11.7 Å². The second-order valence-electron chi connectivity index (χ2n) is 5.03. The molecule has 1 saturated heterocycles. The highest BCUT2D eigenvalue weighted by Gasteiger charge is 2.25. The molecule has 1 amide bonds. The second-order valence-corrected chi connectivity index (χ2v) is 5.86. The van der Waals surface area contributed by atoms with E-state index in [0.29, 0.717) is 0 Å². The third-order valence-electron chi connectivity index (χ3n) is 3.33. The molecule has 22 heavy (non-hydrogen) atoms. The predicted octanol–water partition coefficient (Wildman–Crippen LogP) is 0.791. The average Bonchev–Trinajstić information content (AvgIpc) is 2.96. The zero-order valence-corrected chi connectivity index (χ0v) is 12.6. The maximum absolute atomic E-state index is 12.0. The van der Waals surface area contributed by atoms with Gasteiger partial charge in [0, 0.05) is 18.5 Å². The van der Waals surface area contributed by atoms with E-state index in [0.717, 1.165) is 31.1 Å². The minimum absolute atomic E-state index is 0.113. The molecule has 0 aromatic carbocycles. The summed E-state index contributed by atoms with van der Waals surface area (Å²) in [6.07, 6.45) is 2.68. The summed E-state index contributed by atoms with van der Waals surface area (Å²) in [5, 5.41) is 22.1. The normalized spacial score (nSPS) is 16.1. The first-order chi connectivity index (χ1) is 10.5. The highest BCUT2D eigenvalue weighted by molar-refractivity contribution is 7.13. The highest BCUT2D eigenvalue weighted by Crippen LogP contribution is 2.24. The summed E-state index contributed by atoms with van der Waals surface area (Å²) in [5.41, 5.74) is 0.113. The summed E-state index contributed by atoms with van der Waals surface area (Å²) in [7, 11) is 0. The van der Waals surface area contributed by atoms with Crippen molar-refractivity contribution in [1.82, 2.24) is 10.3 Å². The number of piperidine rings is 1. The molecule has 0 saturated carbocycles. The standard InChI is InChI=1S/C13H17N3O5S/c17-10(18)6-8(12(20)21)14-11(19)9-7-22-13(15-9)16-4-2-1-3-5-16/h7-8H,1-6H2,(H,14,19)(H,17,18)(H,20,21). The van der Waals surface area contributed by atoms with Gasteiger partial charge in [0.25, 0.3) is 5.91 Å². The molecule has 1 aliphatic heterocycles. The molecule has 0 bridgehead atoms. The van der Waals surface area contributed by atoms with Crippen LogP contribution in [0.3, 0.4) is 0 Å². The Morgan fingerprint density at radius 1 is 1.27 bits per heavy atom. The number of hydrogen-bond acceptors (Lipinski definition) is 6. The van der Waals surface area contributed by atoms with Crippen molar-refractivity contribution in [2.24, 2.45) is 0 Å². The largest absolute Gasteiger partial charge is 0.481 e. The van der Waals surface area contributed by atoms with Crippen molar-refractivity contribution in [3.8, 4) is 0 Å². The fourth-order valence-corrected chi connectivity index (χ4v) is 3.07. The summed E-state index contributed by atoms with van der Waals surface area (Å²) >= 11 is 1.32. The number of carboxylic acid groups (broad SMARTS) is 2. The minimum Gasteiger partial charge on any atom is -0.481 e. The van der Waals surface area contributed by atoms with Gasteiger partial charge in [-0.25, -0.2) is 9.78 Å². The lowest BCUT2D eigenvalue weighted by atomic mass is 10.1. The molecule has 1 unspecified atom stereocenters. The molecular weight excluding hydrogens is 310 g/mol. The number of rotatable bonds is 6. The van der Waals surface area contributed by atoms with Crippen LogP contribution in [0.15, 0.2) is 5.38 Å². The molecule has 0 aliphatic carbocycles. The molecule has 1 aromatic heterocycles. The summed E-state index contributed by atoms with van der Waals surface area (Å²) in [4.78, 5) is 39.9. The topological polar surface area (TPSA) is 120 Å². The van der Waals surface area contributed by atoms with E-state index in [1.54, 1.807) is 5.38 Å². The maximum Gasteiger partial charge on any atom is 0.326 e. The summed E-state index contributed by atoms with van der Waals surface area (Å²) < 4.78 is 0. The quantitative estimate of drug-likeness (QED) is 0.706. The Morgan fingerprint density at radius 3 is 2.55 bits per heavy atom. The molecule has 1 aliphatic rings. The van der Waals surface area contributed by atoms with Crippen LogP contribution in [0.1, 0.15) is 36.2 Å². The van der Waals surface area contributed by atoms with Crippen LogP contribution < -0.4 is 10.2 Å². The predicted molar refractivity (Wildman–Crippen MR) is 79.3 cm³/mol. The Balaban J connectivity index is 2.01. The molecule has 1 atom stereocenters. The van der Waals surface area contributed by atoms with Crippen LogP contribution in [-0.4, -0.2) is 52.2 Å². The first-order valence-electron chi connectivity index (χ1n) is 6.93. The third-order valence-corrected chi connectivity index (χ3v) is 4.23. The highest BCUT2D eigenvalue weighted by atomic mass is 32.1. The van der Waals surface area contributed by atoms with Gasteiger partial charge in [-0.1, -0.05) is 0 Å². The van der Waals surface area contributed by atoms with E-state index in [1.165, 1.54) is 17.8 Å². The van der Waals surface area contributed by atoms with Crippen LogP contribution in [0, 0.1) is 0 Å². The van der Waals surface area contributed by atoms with E-state index in [1.807, 2.05) is 0 Å². The number of carbonyl (C=O) groups excluding carboxylic acids is 1. The molecule has 1 aromatic rings. The number of thiazole rings is 1. The van der Waals surface area contributed by atoms with Crippen LogP contribution in [0.2, 0.25) is 0 Å². The van der Waals surface area contributed by atoms with E-state index < -0.39 is 30.3 Å². The number of nitrogens with zero attached hydrogens (tertiary/aromatic N) is 2. The second kappa shape index (κ2) is 7.21. The molecule has 2 rings (SSSR count). The fraction of sp³-hybridized carbons (Fsp3) is 0.538.